The zero-order chi connectivity index (χ0) is 22.5. The van der Waals surface area contributed by atoms with E-state index >= 15 is 0 Å². The van der Waals surface area contributed by atoms with E-state index in [0.29, 0.717) is 18.4 Å². The SMILES string of the molecule is Cc1c(-c2cccc(O)c2)c(-c2ccccc2)nn1CC1CCC(COCC(=O)O)CC1. The minimum Gasteiger partial charge on any atom is -0.508 e. The maximum atomic E-state index is 10.6. The summed E-state index contributed by atoms with van der Waals surface area (Å²) in [5.74, 6) is 0.304. The van der Waals surface area contributed by atoms with E-state index in [-0.39, 0.29) is 12.4 Å². The summed E-state index contributed by atoms with van der Waals surface area (Å²) in [6.45, 7) is 3.27. The third-order valence-electron chi connectivity index (χ3n) is 6.37. The Morgan fingerprint density at radius 2 is 1.72 bits per heavy atom. The van der Waals surface area contributed by atoms with E-state index in [4.69, 9.17) is 14.9 Å². The first-order chi connectivity index (χ1) is 15.5. The molecule has 6 nitrogen and oxygen atoms in total. The van der Waals surface area contributed by atoms with Crippen molar-refractivity contribution >= 4 is 5.97 Å². The van der Waals surface area contributed by atoms with Crippen molar-refractivity contribution in [1.82, 2.24) is 9.78 Å². The molecule has 0 spiro atoms. The topological polar surface area (TPSA) is 84.6 Å². The van der Waals surface area contributed by atoms with Crippen molar-refractivity contribution in [3.63, 3.8) is 0 Å². The average molecular weight is 435 g/mol. The summed E-state index contributed by atoms with van der Waals surface area (Å²) in [6, 6.07) is 17.5. The molecule has 1 aliphatic rings. The van der Waals surface area contributed by atoms with E-state index in [1.807, 2.05) is 30.3 Å². The van der Waals surface area contributed by atoms with Crippen molar-refractivity contribution in [2.24, 2.45) is 11.8 Å². The van der Waals surface area contributed by atoms with Crippen molar-refractivity contribution in [3.8, 4) is 28.1 Å². The number of ether oxygens (including phenoxy) is 1. The summed E-state index contributed by atoms with van der Waals surface area (Å²) in [5.41, 5.74) is 5.12. The first kappa shape index (κ1) is 22.1. The predicted molar refractivity (Wildman–Crippen MR) is 123 cm³/mol. The second kappa shape index (κ2) is 10.0. The van der Waals surface area contributed by atoms with Gasteiger partial charge < -0.3 is 14.9 Å². The number of carboxylic acids is 1. The van der Waals surface area contributed by atoms with E-state index in [1.54, 1.807) is 12.1 Å². The number of aromatic hydroxyl groups is 1. The fraction of sp³-hybridized carbons (Fsp3) is 0.385. The minimum absolute atomic E-state index is 0.216. The minimum atomic E-state index is -0.912. The van der Waals surface area contributed by atoms with Crippen LogP contribution in [-0.2, 0) is 16.1 Å². The molecular formula is C26H30N2O4. The molecule has 1 aromatic heterocycles. The van der Waals surface area contributed by atoms with Crippen molar-refractivity contribution in [2.75, 3.05) is 13.2 Å². The predicted octanol–water partition coefficient (Wildman–Crippen LogP) is 5.14. The van der Waals surface area contributed by atoms with Gasteiger partial charge in [-0.25, -0.2) is 4.79 Å². The van der Waals surface area contributed by atoms with Crippen LogP contribution in [0.15, 0.2) is 54.6 Å². The third-order valence-corrected chi connectivity index (χ3v) is 6.37. The smallest absolute Gasteiger partial charge is 0.329 e. The Hall–Kier alpha value is -3.12. The van der Waals surface area contributed by atoms with Gasteiger partial charge in [-0.15, -0.1) is 0 Å². The number of phenols is 1. The number of benzene rings is 2. The lowest BCUT2D eigenvalue weighted by Gasteiger charge is -2.28. The number of aromatic nitrogens is 2. The highest BCUT2D eigenvalue weighted by molar-refractivity contribution is 5.83. The molecule has 6 heteroatoms. The Morgan fingerprint density at radius 3 is 2.41 bits per heavy atom. The molecule has 1 heterocycles. The van der Waals surface area contributed by atoms with Gasteiger partial charge in [0.2, 0.25) is 0 Å². The van der Waals surface area contributed by atoms with Crippen LogP contribution in [-0.4, -0.2) is 39.2 Å². The van der Waals surface area contributed by atoms with Gasteiger partial charge in [-0.1, -0.05) is 42.5 Å². The molecule has 32 heavy (non-hydrogen) atoms. The first-order valence-corrected chi connectivity index (χ1v) is 11.2. The molecule has 0 aliphatic heterocycles. The summed E-state index contributed by atoms with van der Waals surface area (Å²) in [6.07, 6.45) is 4.27. The molecule has 2 N–H and O–H groups in total. The highest BCUT2D eigenvalue weighted by Crippen LogP contribution is 2.37. The Labute approximate surface area is 188 Å². The zero-order valence-corrected chi connectivity index (χ0v) is 18.4. The molecule has 1 fully saturated rings. The molecule has 3 aromatic rings. The zero-order valence-electron chi connectivity index (χ0n) is 18.4. The van der Waals surface area contributed by atoms with E-state index in [9.17, 15) is 9.90 Å². The average Bonchev–Trinajstić information content (AvgIpc) is 3.11. The van der Waals surface area contributed by atoms with Crippen LogP contribution in [0.5, 0.6) is 5.75 Å². The molecular weight excluding hydrogens is 404 g/mol. The van der Waals surface area contributed by atoms with Gasteiger partial charge in [0.05, 0.1) is 6.61 Å². The van der Waals surface area contributed by atoms with Crippen LogP contribution in [0.3, 0.4) is 0 Å². The van der Waals surface area contributed by atoms with Gasteiger partial charge in [0.25, 0.3) is 0 Å². The number of rotatable bonds is 8. The number of nitrogens with zero attached hydrogens (tertiary/aromatic N) is 2. The standard InChI is InChI=1S/C26H30N2O4/c1-18-25(22-8-5-9-23(29)14-22)26(21-6-3-2-4-7-21)27-28(18)15-19-10-12-20(13-11-19)16-32-17-24(30)31/h2-9,14,19-20,29H,10-13,15-17H2,1H3,(H,30,31). The molecule has 1 saturated carbocycles. The van der Waals surface area contributed by atoms with Gasteiger partial charge >= 0.3 is 5.97 Å². The maximum Gasteiger partial charge on any atom is 0.329 e. The van der Waals surface area contributed by atoms with Crippen molar-refractivity contribution < 1.29 is 19.7 Å². The van der Waals surface area contributed by atoms with Crippen LogP contribution < -0.4 is 0 Å². The lowest BCUT2D eigenvalue weighted by atomic mass is 9.82. The first-order valence-electron chi connectivity index (χ1n) is 11.2. The van der Waals surface area contributed by atoms with Crippen LogP contribution in [0.4, 0.5) is 0 Å². The van der Waals surface area contributed by atoms with Crippen LogP contribution in [0.1, 0.15) is 31.4 Å². The van der Waals surface area contributed by atoms with Gasteiger partial charge in [-0.2, -0.15) is 5.10 Å². The molecule has 0 unspecified atom stereocenters. The molecule has 0 atom stereocenters. The lowest BCUT2D eigenvalue weighted by molar-refractivity contribution is -0.142. The Morgan fingerprint density at radius 1 is 1.03 bits per heavy atom. The normalized spacial score (nSPS) is 18.5. The summed E-state index contributed by atoms with van der Waals surface area (Å²) >= 11 is 0. The Kier molecular flexibility index (Phi) is 6.90. The quantitative estimate of drug-likeness (QED) is 0.513. The molecule has 0 amide bonds. The highest BCUT2D eigenvalue weighted by Gasteiger charge is 2.25. The Bertz CT molecular complexity index is 1050. The fourth-order valence-corrected chi connectivity index (χ4v) is 4.67. The van der Waals surface area contributed by atoms with Gasteiger partial charge in [-0.3, -0.25) is 4.68 Å². The molecule has 2 aromatic carbocycles. The molecule has 1 aliphatic carbocycles. The summed E-state index contributed by atoms with van der Waals surface area (Å²) < 4.78 is 7.42. The highest BCUT2D eigenvalue weighted by atomic mass is 16.5. The van der Waals surface area contributed by atoms with Gasteiger partial charge in [0, 0.05) is 23.4 Å². The monoisotopic (exact) mass is 434 g/mol. The van der Waals surface area contributed by atoms with Crippen LogP contribution in [0.25, 0.3) is 22.4 Å². The van der Waals surface area contributed by atoms with Crippen LogP contribution >= 0.6 is 0 Å². The van der Waals surface area contributed by atoms with E-state index in [0.717, 1.165) is 60.3 Å². The van der Waals surface area contributed by atoms with Crippen molar-refractivity contribution in [3.05, 3.63) is 60.3 Å². The van der Waals surface area contributed by atoms with Gasteiger partial charge in [-0.05, 0) is 62.1 Å². The number of hydrogen-bond donors (Lipinski definition) is 2. The third kappa shape index (κ3) is 5.19. The lowest BCUT2D eigenvalue weighted by Crippen LogP contribution is -2.23. The molecule has 0 bridgehead atoms. The number of phenolic OH excluding ortho intramolecular Hbond substituents is 1. The summed E-state index contributed by atoms with van der Waals surface area (Å²) in [5, 5.41) is 23.8. The van der Waals surface area contributed by atoms with E-state index < -0.39 is 5.97 Å². The van der Waals surface area contributed by atoms with E-state index in [2.05, 4.69) is 23.7 Å². The van der Waals surface area contributed by atoms with Crippen molar-refractivity contribution in [1.29, 1.82) is 0 Å². The largest absolute Gasteiger partial charge is 0.508 e. The number of carbonyl (C=O) groups is 1. The number of carboxylic acid groups (broad SMARTS) is 1. The van der Waals surface area contributed by atoms with E-state index in [1.165, 1.54) is 0 Å². The molecule has 4 rings (SSSR count). The fourth-order valence-electron chi connectivity index (χ4n) is 4.67. The second-order valence-corrected chi connectivity index (χ2v) is 8.70. The summed E-state index contributed by atoms with van der Waals surface area (Å²) in [7, 11) is 0. The molecule has 0 radical (unpaired) electrons. The number of aliphatic carboxylic acids is 1. The van der Waals surface area contributed by atoms with Gasteiger partial charge in [0.15, 0.2) is 0 Å². The van der Waals surface area contributed by atoms with Crippen molar-refractivity contribution in [2.45, 2.75) is 39.2 Å². The summed E-state index contributed by atoms with van der Waals surface area (Å²) in [4.78, 5) is 10.6. The molecule has 0 saturated heterocycles. The number of hydrogen-bond acceptors (Lipinski definition) is 4. The maximum absolute atomic E-state index is 10.6. The second-order valence-electron chi connectivity index (χ2n) is 8.70. The van der Waals surface area contributed by atoms with Gasteiger partial charge in [0.1, 0.15) is 18.1 Å². The molecule has 168 valence electrons. The van der Waals surface area contributed by atoms with Crippen LogP contribution in [0.2, 0.25) is 0 Å². The Balaban J connectivity index is 1.52. The van der Waals surface area contributed by atoms with Crippen LogP contribution in [0, 0.1) is 18.8 Å².